The zero-order valence-electron chi connectivity index (χ0n) is 16.4. The van der Waals surface area contributed by atoms with Crippen LogP contribution in [-0.4, -0.2) is 33.5 Å². The number of halogens is 1. The minimum Gasteiger partial charge on any atom is -0.333 e. The maximum Gasteiger partial charge on any atom is 0.257 e. The first-order valence-corrected chi connectivity index (χ1v) is 10.0. The predicted molar refractivity (Wildman–Crippen MR) is 113 cm³/mol. The summed E-state index contributed by atoms with van der Waals surface area (Å²) in [5.74, 6) is -0.617. The number of hydrogen-bond acceptors (Lipinski definition) is 5. The number of aromatic nitrogens is 3. The van der Waals surface area contributed by atoms with E-state index in [4.69, 9.17) is 11.6 Å². The largest absolute Gasteiger partial charge is 0.333 e. The Morgan fingerprint density at radius 3 is 2.73 bits per heavy atom. The average Bonchev–Trinajstić information content (AvgIpc) is 2.97. The van der Waals surface area contributed by atoms with E-state index in [0.717, 1.165) is 12.1 Å². The first-order valence-electron chi connectivity index (χ1n) is 9.66. The van der Waals surface area contributed by atoms with Gasteiger partial charge in [0.2, 0.25) is 0 Å². The number of fused-ring (bicyclic) bond motifs is 1. The van der Waals surface area contributed by atoms with Crippen molar-refractivity contribution in [1.82, 2.24) is 20.5 Å². The van der Waals surface area contributed by atoms with E-state index in [9.17, 15) is 9.59 Å². The van der Waals surface area contributed by atoms with E-state index in [0.29, 0.717) is 28.4 Å². The molecule has 1 aromatic carbocycles. The molecule has 1 aliphatic rings. The average molecular weight is 422 g/mol. The highest BCUT2D eigenvalue weighted by Crippen LogP contribution is 2.43. The van der Waals surface area contributed by atoms with E-state index >= 15 is 0 Å². The highest BCUT2D eigenvalue weighted by Gasteiger charge is 2.52. The van der Waals surface area contributed by atoms with Crippen molar-refractivity contribution in [2.75, 3.05) is 11.4 Å². The van der Waals surface area contributed by atoms with Crippen molar-refractivity contribution in [2.45, 2.75) is 25.3 Å². The molecule has 0 aliphatic carbocycles. The van der Waals surface area contributed by atoms with E-state index < -0.39 is 11.4 Å². The van der Waals surface area contributed by atoms with Gasteiger partial charge in [-0.3, -0.25) is 14.6 Å². The summed E-state index contributed by atoms with van der Waals surface area (Å²) in [5.41, 5.74) is 0.985. The molecular weight excluding hydrogens is 402 g/mol. The summed E-state index contributed by atoms with van der Waals surface area (Å²) < 4.78 is 0. The lowest BCUT2D eigenvalue weighted by atomic mass is 9.86. The maximum absolute atomic E-state index is 13.8. The van der Waals surface area contributed by atoms with Gasteiger partial charge in [-0.25, -0.2) is 0 Å². The van der Waals surface area contributed by atoms with Crippen molar-refractivity contribution < 1.29 is 9.59 Å². The summed E-state index contributed by atoms with van der Waals surface area (Å²) in [5, 5.41) is 11.5. The Hall–Kier alpha value is -3.32. The lowest BCUT2D eigenvalue weighted by Crippen LogP contribution is -2.54. The van der Waals surface area contributed by atoms with Gasteiger partial charge in [0.05, 0.1) is 11.3 Å². The van der Waals surface area contributed by atoms with E-state index in [1.165, 1.54) is 6.20 Å². The molecular formula is C22H20ClN5O2. The van der Waals surface area contributed by atoms with E-state index in [2.05, 4.69) is 20.5 Å². The highest BCUT2D eigenvalue weighted by atomic mass is 35.5. The lowest BCUT2D eigenvalue weighted by molar-refractivity contribution is -0.124. The third-order valence-electron chi connectivity index (χ3n) is 5.09. The molecule has 1 aliphatic heterocycles. The summed E-state index contributed by atoms with van der Waals surface area (Å²) in [6.45, 7) is 2.53. The molecule has 0 radical (unpaired) electrons. The number of nitrogens with zero attached hydrogens (tertiary/aromatic N) is 4. The zero-order chi connectivity index (χ0) is 21.1. The first-order chi connectivity index (χ1) is 14.5. The molecule has 3 heterocycles. The lowest BCUT2D eigenvalue weighted by Gasteiger charge is -2.30. The molecule has 1 N–H and O–H groups in total. The Kier molecular flexibility index (Phi) is 5.46. The molecule has 0 saturated heterocycles. The van der Waals surface area contributed by atoms with Crippen molar-refractivity contribution in [1.29, 1.82) is 0 Å². The number of nitrogens with one attached hydrogen (secondary N) is 1. The fourth-order valence-corrected chi connectivity index (χ4v) is 3.96. The number of pyridine rings is 1. The van der Waals surface area contributed by atoms with Crippen molar-refractivity contribution in [2.24, 2.45) is 0 Å². The Balaban J connectivity index is 1.85. The first kappa shape index (κ1) is 20.0. The van der Waals surface area contributed by atoms with Crippen LogP contribution in [0.5, 0.6) is 0 Å². The molecule has 0 saturated carbocycles. The summed E-state index contributed by atoms with van der Waals surface area (Å²) in [4.78, 5) is 32.6. The van der Waals surface area contributed by atoms with Crippen LogP contribution in [0.15, 0.2) is 61.1 Å². The molecule has 1 unspecified atom stereocenters. The number of carbonyl (C=O) groups excluding carboxylic acids is 2. The zero-order valence-corrected chi connectivity index (χ0v) is 17.1. The van der Waals surface area contributed by atoms with Gasteiger partial charge in [0, 0.05) is 47.8 Å². The SMILES string of the molecule is CCCN1C(=O)C(Cc2cccnn2)(NC(=O)c2cccnc2)c2cc(Cl)ccc21. The summed E-state index contributed by atoms with van der Waals surface area (Å²) >= 11 is 6.30. The van der Waals surface area contributed by atoms with Crippen LogP contribution in [0.2, 0.25) is 5.02 Å². The molecule has 0 bridgehead atoms. The standard InChI is InChI=1S/C22H20ClN5O2/c1-2-11-28-19-8-7-16(23)12-18(19)22(21(28)30,13-17-6-4-10-25-27-17)26-20(29)15-5-3-9-24-14-15/h3-10,12,14H,2,11,13H2,1H3,(H,26,29). The Bertz CT molecular complexity index is 1080. The highest BCUT2D eigenvalue weighted by molar-refractivity contribution is 6.31. The topological polar surface area (TPSA) is 88.1 Å². The molecule has 8 heteroatoms. The molecule has 0 spiro atoms. The van der Waals surface area contributed by atoms with Crippen molar-refractivity contribution in [3.63, 3.8) is 0 Å². The number of hydrogen-bond donors (Lipinski definition) is 1. The second-order valence-corrected chi connectivity index (χ2v) is 7.55. The van der Waals surface area contributed by atoms with E-state index in [1.807, 2.05) is 13.0 Å². The molecule has 2 amide bonds. The Labute approximate surface area is 179 Å². The number of rotatable bonds is 6. The van der Waals surface area contributed by atoms with Crippen LogP contribution in [-0.2, 0) is 16.8 Å². The molecule has 2 aromatic heterocycles. The predicted octanol–water partition coefficient (Wildman–Crippen LogP) is 3.15. The Morgan fingerprint density at radius 1 is 1.20 bits per heavy atom. The van der Waals surface area contributed by atoms with Gasteiger partial charge >= 0.3 is 0 Å². The van der Waals surface area contributed by atoms with Gasteiger partial charge in [-0.1, -0.05) is 18.5 Å². The van der Waals surface area contributed by atoms with Crippen LogP contribution in [0, 0.1) is 0 Å². The molecule has 3 aromatic rings. The molecule has 0 fully saturated rings. The van der Waals surface area contributed by atoms with Gasteiger partial charge in [-0.2, -0.15) is 10.2 Å². The molecule has 152 valence electrons. The molecule has 30 heavy (non-hydrogen) atoms. The van der Waals surface area contributed by atoms with Gasteiger partial charge in [0.25, 0.3) is 11.8 Å². The third kappa shape index (κ3) is 3.52. The fourth-order valence-electron chi connectivity index (χ4n) is 3.78. The molecule has 1 atom stereocenters. The van der Waals surface area contributed by atoms with Gasteiger partial charge in [-0.15, -0.1) is 0 Å². The van der Waals surface area contributed by atoms with Crippen LogP contribution in [0.3, 0.4) is 0 Å². The third-order valence-corrected chi connectivity index (χ3v) is 5.33. The number of anilines is 1. The number of carbonyl (C=O) groups is 2. The van der Waals surface area contributed by atoms with E-state index in [1.54, 1.807) is 53.7 Å². The van der Waals surface area contributed by atoms with Crippen LogP contribution in [0.25, 0.3) is 0 Å². The van der Waals surface area contributed by atoms with Crippen LogP contribution >= 0.6 is 11.6 Å². The van der Waals surface area contributed by atoms with Crippen molar-refractivity contribution >= 4 is 29.1 Å². The number of benzene rings is 1. The van der Waals surface area contributed by atoms with Crippen LogP contribution < -0.4 is 10.2 Å². The summed E-state index contributed by atoms with van der Waals surface area (Å²) in [6.07, 6.45) is 5.54. The van der Waals surface area contributed by atoms with Crippen molar-refractivity contribution in [3.8, 4) is 0 Å². The van der Waals surface area contributed by atoms with Gasteiger partial charge in [0.15, 0.2) is 5.54 Å². The fraction of sp³-hybridized carbons (Fsp3) is 0.227. The second-order valence-electron chi connectivity index (χ2n) is 7.11. The normalized spacial score (nSPS) is 17.7. The molecule has 7 nitrogen and oxygen atoms in total. The molecule has 4 rings (SSSR count). The number of amides is 2. The minimum absolute atomic E-state index is 0.152. The Morgan fingerprint density at radius 2 is 2.03 bits per heavy atom. The van der Waals surface area contributed by atoms with Gasteiger partial charge < -0.3 is 10.2 Å². The maximum atomic E-state index is 13.8. The van der Waals surface area contributed by atoms with Gasteiger partial charge in [0.1, 0.15) is 0 Å². The second kappa shape index (κ2) is 8.20. The summed E-state index contributed by atoms with van der Waals surface area (Å²) in [7, 11) is 0. The summed E-state index contributed by atoms with van der Waals surface area (Å²) in [6, 6.07) is 12.2. The van der Waals surface area contributed by atoms with Crippen LogP contribution in [0.1, 0.15) is 35.0 Å². The van der Waals surface area contributed by atoms with Crippen LogP contribution in [0.4, 0.5) is 5.69 Å². The monoisotopic (exact) mass is 421 g/mol. The quantitative estimate of drug-likeness (QED) is 0.660. The van der Waals surface area contributed by atoms with Crippen molar-refractivity contribution in [3.05, 3.63) is 82.9 Å². The van der Waals surface area contributed by atoms with E-state index in [-0.39, 0.29) is 12.3 Å². The smallest absolute Gasteiger partial charge is 0.257 e. The minimum atomic E-state index is -1.35. The van der Waals surface area contributed by atoms with Gasteiger partial charge in [-0.05, 0) is 48.9 Å².